The molecule has 2 rings (SSSR count). The van der Waals surface area contributed by atoms with Crippen LogP contribution in [0.3, 0.4) is 0 Å². The Bertz CT molecular complexity index is 470. The second-order valence-electron chi connectivity index (χ2n) is 3.17. The van der Waals surface area contributed by atoms with Crippen molar-refractivity contribution >= 4 is 23.9 Å². The van der Waals surface area contributed by atoms with Crippen molar-refractivity contribution in [3.05, 3.63) is 54.6 Å². The minimum absolute atomic E-state index is 0.699. The van der Waals surface area contributed by atoms with Crippen molar-refractivity contribution in [2.75, 3.05) is 5.32 Å². The van der Waals surface area contributed by atoms with Crippen LogP contribution in [0.1, 0.15) is 0 Å². The second-order valence-corrected chi connectivity index (χ2v) is 4.29. The lowest BCUT2D eigenvalue weighted by Crippen LogP contribution is -1.94. The van der Waals surface area contributed by atoms with E-state index in [0.29, 0.717) is 6.41 Å². The van der Waals surface area contributed by atoms with Gasteiger partial charge >= 0.3 is 0 Å². The molecule has 0 heterocycles. The SMILES string of the molecule is O=CNc1ccccc1Sc1ccccc1. The molecule has 0 bridgehead atoms. The third kappa shape index (κ3) is 2.64. The van der Waals surface area contributed by atoms with E-state index >= 15 is 0 Å². The predicted octanol–water partition coefficient (Wildman–Crippen LogP) is 3.41. The Kier molecular flexibility index (Phi) is 3.62. The quantitative estimate of drug-likeness (QED) is 0.814. The number of carbonyl (C=O) groups is 1. The molecule has 0 aliphatic carbocycles. The molecule has 2 aromatic carbocycles. The maximum absolute atomic E-state index is 10.5. The third-order valence-electron chi connectivity index (χ3n) is 2.07. The largest absolute Gasteiger partial charge is 0.328 e. The molecular weight excluding hydrogens is 218 g/mol. The van der Waals surface area contributed by atoms with Gasteiger partial charge < -0.3 is 5.32 Å². The van der Waals surface area contributed by atoms with E-state index in [4.69, 9.17) is 0 Å². The minimum Gasteiger partial charge on any atom is -0.328 e. The molecule has 1 amide bonds. The molecule has 3 heteroatoms. The number of para-hydroxylation sites is 1. The van der Waals surface area contributed by atoms with E-state index in [0.717, 1.165) is 15.5 Å². The van der Waals surface area contributed by atoms with Gasteiger partial charge in [-0.05, 0) is 24.3 Å². The number of carbonyl (C=O) groups excluding carboxylic acids is 1. The summed E-state index contributed by atoms with van der Waals surface area (Å²) in [6.07, 6.45) is 0.699. The molecule has 2 nitrogen and oxygen atoms in total. The van der Waals surface area contributed by atoms with E-state index in [1.54, 1.807) is 11.8 Å². The zero-order valence-corrected chi connectivity index (χ0v) is 9.41. The molecule has 0 saturated carbocycles. The number of hydrogen-bond donors (Lipinski definition) is 1. The molecule has 0 saturated heterocycles. The van der Waals surface area contributed by atoms with Gasteiger partial charge in [-0.3, -0.25) is 4.79 Å². The summed E-state index contributed by atoms with van der Waals surface area (Å²) >= 11 is 1.63. The van der Waals surface area contributed by atoms with Gasteiger partial charge in [-0.2, -0.15) is 0 Å². The summed E-state index contributed by atoms with van der Waals surface area (Å²) in [5, 5.41) is 2.69. The Morgan fingerprint density at radius 3 is 2.38 bits per heavy atom. The van der Waals surface area contributed by atoms with Crippen molar-refractivity contribution in [2.45, 2.75) is 9.79 Å². The Morgan fingerprint density at radius 1 is 0.938 bits per heavy atom. The van der Waals surface area contributed by atoms with Gasteiger partial charge in [0.1, 0.15) is 0 Å². The van der Waals surface area contributed by atoms with Crippen molar-refractivity contribution in [1.29, 1.82) is 0 Å². The van der Waals surface area contributed by atoms with Crippen LogP contribution < -0.4 is 5.32 Å². The van der Waals surface area contributed by atoms with Gasteiger partial charge in [0.2, 0.25) is 6.41 Å². The van der Waals surface area contributed by atoms with Crippen LogP contribution in [0.25, 0.3) is 0 Å². The van der Waals surface area contributed by atoms with Crippen LogP contribution >= 0.6 is 11.8 Å². The van der Waals surface area contributed by atoms with E-state index in [-0.39, 0.29) is 0 Å². The molecule has 16 heavy (non-hydrogen) atoms. The lowest BCUT2D eigenvalue weighted by molar-refractivity contribution is -0.105. The van der Waals surface area contributed by atoms with Gasteiger partial charge in [0.25, 0.3) is 0 Å². The monoisotopic (exact) mass is 229 g/mol. The topological polar surface area (TPSA) is 29.1 Å². The maximum atomic E-state index is 10.5. The summed E-state index contributed by atoms with van der Waals surface area (Å²) in [5.74, 6) is 0. The maximum Gasteiger partial charge on any atom is 0.211 e. The highest BCUT2D eigenvalue weighted by Crippen LogP contribution is 2.32. The number of anilines is 1. The average molecular weight is 229 g/mol. The minimum atomic E-state index is 0.699. The molecule has 0 radical (unpaired) electrons. The van der Waals surface area contributed by atoms with E-state index in [2.05, 4.69) is 5.32 Å². The zero-order chi connectivity index (χ0) is 11.2. The highest BCUT2D eigenvalue weighted by Gasteiger charge is 2.02. The molecule has 0 aliphatic rings. The van der Waals surface area contributed by atoms with Crippen LogP contribution in [0.15, 0.2) is 64.4 Å². The van der Waals surface area contributed by atoms with Crippen LogP contribution in [0, 0.1) is 0 Å². The summed E-state index contributed by atoms with van der Waals surface area (Å²) < 4.78 is 0. The van der Waals surface area contributed by atoms with Gasteiger partial charge in [-0.1, -0.05) is 42.1 Å². The lowest BCUT2D eigenvalue weighted by Gasteiger charge is -2.07. The van der Waals surface area contributed by atoms with Gasteiger partial charge in [0.05, 0.1) is 5.69 Å². The predicted molar refractivity (Wildman–Crippen MR) is 66.7 cm³/mol. The first kappa shape index (κ1) is 10.8. The molecule has 0 aliphatic heterocycles. The molecule has 0 fully saturated rings. The molecular formula is C13H11NOS. The summed E-state index contributed by atoms with van der Waals surface area (Å²) in [4.78, 5) is 12.7. The average Bonchev–Trinajstić information content (AvgIpc) is 2.33. The van der Waals surface area contributed by atoms with Crippen LogP contribution in [0.4, 0.5) is 5.69 Å². The van der Waals surface area contributed by atoms with E-state index in [1.165, 1.54) is 0 Å². The highest BCUT2D eigenvalue weighted by molar-refractivity contribution is 7.99. The van der Waals surface area contributed by atoms with Crippen LogP contribution in [-0.2, 0) is 4.79 Å². The lowest BCUT2D eigenvalue weighted by atomic mass is 10.3. The third-order valence-corrected chi connectivity index (χ3v) is 3.16. The van der Waals surface area contributed by atoms with Crippen molar-refractivity contribution < 1.29 is 4.79 Å². The first-order valence-electron chi connectivity index (χ1n) is 4.92. The number of rotatable bonds is 4. The molecule has 0 spiro atoms. The van der Waals surface area contributed by atoms with Crippen molar-refractivity contribution in [3.8, 4) is 0 Å². The van der Waals surface area contributed by atoms with Crippen LogP contribution in [0.2, 0.25) is 0 Å². The first-order chi connectivity index (χ1) is 7.90. The molecule has 80 valence electrons. The van der Waals surface area contributed by atoms with Gasteiger partial charge in [0.15, 0.2) is 0 Å². The van der Waals surface area contributed by atoms with Gasteiger partial charge in [0, 0.05) is 9.79 Å². The molecule has 0 atom stereocenters. The van der Waals surface area contributed by atoms with Crippen LogP contribution in [0.5, 0.6) is 0 Å². The Labute approximate surface area is 98.7 Å². The molecule has 1 N–H and O–H groups in total. The van der Waals surface area contributed by atoms with E-state index in [9.17, 15) is 4.79 Å². The van der Waals surface area contributed by atoms with Crippen molar-refractivity contribution in [2.24, 2.45) is 0 Å². The van der Waals surface area contributed by atoms with Crippen LogP contribution in [-0.4, -0.2) is 6.41 Å². The summed E-state index contributed by atoms with van der Waals surface area (Å²) in [5.41, 5.74) is 0.839. The standard InChI is InChI=1S/C13H11NOS/c15-10-14-12-8-4-5-9-13(12)16-11-6-2-1-3-7-11/h1-10H,(H,14,15). The number of nitrogens with one attached hydrogen (secondary N) is 1. The summed E-state index contributed by atoms with van der Waals surface area (Å²) in [6.45, 7) is 0. The van der Waals surface area contributed by atoms with Gasteiger partial charge in [-0.25, -0.2) is 0 Å². The smallest absolute Gasteiger partial charge is 0.211 e. The summed E-state index contributed by atoms with van der Waals surface area (Å²) in [7, 11) is 0. The van der Waals surface area contributed by atoms with Crippen molar-refractivity contribution in [1.82, 2.24) is 0 Å². The van der Waals surface area contributed by atoms with Crippen molar-refractivity contribution in [3.63, 3.8) is 0 Å². The Balaban J connectivity index is 2.24. The number of benzene rings is 2. The van der Waals surface area contributed by atoms with E-state index < -0.39 is 0 Å². The molecule has 2 aromatic rings. The summed E-state index contributed by atoms with van der Waals surface area (Å²) in [6, 6.07) is 17.8. The highest BCUT2D eigenvalue weighted by atomic mass is 32.2. The zero-order valence-electron chi connectivity index (χ0n) is 8.59. The Hall–Kier alpha value is -1.74. The Morgan fingerprint density at radius 2 is 1.62 bits per heavy atom. The van der Waals surface area contributed by atoms with Gasteiger partial charge in [-0.15, -0.1) is 0 Å². The molecule has 0 aromatic heterocycles. The fourth-order valence-electron chi connectivity index (χ4n) is 1.35. The van der Waals surface area contributed by atoms with E-state index in [1.807, 2.05) is 54.6 Å². The fraction of sp³-hybridized carbons (Fsp3) is 0. The second kappa shape index (κ2) is 5.37. The normalized spacial score (nSPS) is 9.75. The first-order valence-corrected chi connectivity index (χ1v) is 5.74. The number of amides is 1. The number of hydrogen-bond acceptors (Lipinski definition) is 2. The molecule has 0 unspecified atom stereocenters. The fourth-order valence-corrected chi connectivity index (χ4v) is 2.28.